The molecule has 0 saturated carbocycles. The van der Waals surface area contributed by atoms with Gasteiger partial charge in [-0.3, -0.25) is 0 Å². The van der Waals surface area contributed by atoms with Gasteiger partial charge >= 0.3 is 0 Å². The molecule has 3 heteroatoms. The summed E-state index contributed by atoms with van der Waals surface area (Å²) in [5.41, 5.74) is 2.72. The molecule has 0 amide bonds. The second-order valence-electron chi connectivity index (χ2n) is 5.82. The Morgan fingerprint density at radius 1 is 1.16 bits per heavy atom. The lowest BCUT2D eigenvalue weighted by Crippen LogP contribution is -2.07. The molecule has 1 aromatic carbocycles. The van der Waals surface area contributed by atoms with Crippen LogP contribution in [0.4, 0.5) is 0 Å². The largest absolute Gasteiger partial charge is 0.143 e. The summed E-state index contributed by atoms with van der Waals surface area (Å²) in [4.78, 5) is 3.00. The Kier molecular flexibility index (Phi) is 4.44. The second-order valence-corrected chi connectivity index (χ2v) is 8.28. The summed E-state index contributed by atoms with van der Waals surface area (Å²) in [6, 6.07) is 10.5. The molecular weight excluding hydrogens is 340 g/mol. The van der Waals surface area contributed by atoms with E-state index >= 15 is 0 Å². The van der Waals surface area contributed by atoms with Gasteiger partial charge in [0, 0.05) is 14.8 Å². The first-order valence-corrected chi connectivity index (χ1v) is 8.40. The molecule has 0 fully saturated rings. The molecule has 0 spiro atoms. The van der Waals surface area contributed by atoms with Crippen molar-refractivity contribution in [3.8, 4) is 0 Å². The minimum atomic E-state index is 0.213. The summed E-state index contributed by atoms with van der Waals surface area (Å²) >= 11 is 11.7. The first kappa shape index (κ1) is 15.1. The number of halogens is 2. The van der Waals surface area contributed by atoms with Gasteiger partial charge in [0.05, 0.1) is 4.83 Å². The second kappa shape index (κ2) is 5.59. The predicted octanol–water partition coefficient (Wildman–Crippen LogP) is 6.49. The van der Waals surface area contributed by atoms with E-state index in [-0.39, 0.29) is 10.2 Å². The Morgan fingerprint density at radius 3 is 2.37 bits per heavy atom. The smallest absolute Gasteiger partial charge is 0.0740 e. The van der Waals surface area contributed by atoms with Gasteiger partial charge < -0.3 is 0 Å². The number of hydrogen-bond donors (Lipinski definition) is 0. The number of benzene rings is 1. The molecule has 0 aliphatic heterocycles. The Labute approximate surface area is 132 Å². The van der Waals surface area contributed by atoms with Crippen molar-refractivity contribution in [3.05, 3.63) is 56.2 Å². The minimum Gasteiger partial charge on any atom is -0.143 e. The van der Waals surface area contributed by atoms with Crippen LogP contribution >= 0.6 is 38.9 Å². The monoisotopic (exact) mass is 356 g/mol. The van der Waals surface area contributed by atoms with Crippen LogP contribution in [0.15, 0.2) is 30.3 Å². The van der Waals surface area contributed by atoms with E-state index in [4.69, 9.17) is 11.6 Å². The molecule has 0 aliphatic rings. The summed E-state index contributed by atoms with van der Waals surface area (Å²) in [5.74, 6) is 0. The quantitative estimate of drug-likeness (QED) is 0.539. The van der Waals surface area contributed by atoms with Crippen molar-refractivity contribution in [1.29, 1.82) is 0 Å². The van der Waals surface area contributed by atoms with Crippen molar-refractivity contribution in [2.24, 2.45) is 0 Å². The highest BCUT2D eigenvalue weighted by atomic mass is 79.9. The van der Waals surface area contributed by atoms with Crippen LogP contribution in [0.2, 0.25) is 5.02 Å². The van der Waals surface area contributed by atoms with Gasteiger partial charge in [0.15, 0.2) is 0 Å². The molecule has 0 aliphatic carbocycles. The molecule has 1 aromatic heterocycles. The fourth-order valence-electron chi connectivity index (χ4n) is 1.97. The maximum Gasteiger partial charge on any atom is 0.0740 e. The molecular formula is C16H18BrClS. The van der Waals surface area contributed by atoms with Gasteiger partial charge in [0.1, 0.15) is 0 Å². The van der Waals surface area contributed by atoms with Crippen molar-refractivity contribution >= 4 is 38.9 Å². The van der Waals surface area contributed by atoms with Crippen LogP contribution in [0.25, 0.3) is 0 Å². The molecule has 1 heterocycles. The molecule has 2 rings (SSSR count). The normalized spacial score (nSPS) is 13.6. The fourth-order valence-corrected chi connectivity index (χ4v) is 4.20. The van der Waals surface area contributed by atoms with Gasteiger partial charge in [-0.1, -0.05) is 54.4 Å². The van der Waals surface area contributed by atoms with E-state index in [1.807, 2.05) is 23.5 Å². The zero-order valence-electron chi connectivity index (χ0n) is 11.6. The standard InChI is InChI=1S/C16H18BrClS/c1-10-9-11(18)5-6-12(10)15(17)13-7-8-14(19-13)16(2,3)4/h5-9,15H,1-4H3. The van der Waals surface area contributed by atoms with E-state index in [2.05, 4.69) is 61.8 Å². The van der Waals surface area contributed by atoms with E-state index in [1.54, 1.807) is 0 Å². The molecule has 0 saturated heterocycles. The Hall–Kier alpha value is -0.310. The lowest BCUT2D eigenvalue weighted by molar-refractivity contribution is 0.604. The van der Waals surface area contributed by atoms with Crippen molar-refractivity contribution in [3.63, 3.8) is 0 Å². The van der Waals surface area contributed by atoms with E-state index in [0.717, 1.165) is 5.02 Å². The van der Waals surface area contributed by atoms with Gasteiger partial charge in [-0.15, -0.1) is 11.3 Å². The lowest BCUT2D eigenvalue weighted by atomic mass is 9.95. The van der Waals surface area contributed by atoms with E-state index in [9.17, 15) is 0 Å². The SMILES string of the molecule is Cc1cc(Cl)ccc1C(Br)c1ccc(C(C)(C)C)s1. The average Bonchev–Trinajstić information content (AvgIpc) is 2.76. The van der Waals surface area contributed by atoms with Crippen LogP contribution < -0.4 is 0 Å². The highest BCUT2D eigenvalue weighted by Gasteiger charge is 2.20. The van der Waals surface area contributed by atoms with Crippen LogP contribution in [0.5, 0.6) is 0 Å². The number of rotatable bonds is 2. The van der Waals surface area contributed by atoms with Gasteiger partial charge in [-0.05, 0) is 47.7 Å². The summed E-state index contributed by atoms with van der Waals surface area (Å²) in [6.07, 6.45) is 0. The highest BCUT2D eigenvalue weighted by Crippen LogP contribution is 2.40. The number of aryl methyl sites for hydroxylation is 1. The van der Waals surface area contributed by atoms with E-state index in [1.165, 1.54) is 20.9 Å². The average molecular weight is 358 g/mol. The third-order valence-corrected chi connectivity index (χ3v) is 6.22. The van der Waals surface area contributed by atoms with Gasteiger partial charge in [0.25, 0.3) is 0 Å². The molecule has 2 aromatic rings. The first-order chi connectivity index (χ1) is 8.79. The van der Waals surface area contributed by atoms with Gasteiger partial charge in [-0.25, -0.2) is 0 Å². The van der Waals surface area contributed by atoms with Crippen molar-refractivity contribution in [1.82, 2.24) is 0 Å². The minimum absolute atomic E-state index is 0.213. The molecule has 1 unspecified atom stereocenters. The lowest BCUT2D eigenvalue weighted by Gasteiger charge is -2.16. The molecule has 0 radical (unpaired) electrons. The third kappa shape index (κ3) is 3.42. The number of alkyl halides is 1. The Bertz CT molecular complexity index is 581. The molecule has 0 N–H and O–H groups in total. The number of hydrogen-bond acceptors (Lipinski definition) is 1. The fraction of sp³-hybridized carbons (Fsp3) is 0.375. The van der Waals surface area contributed by atoms with Gasteiger partial charge in [-0.2, -0.15) is 0 Å². The summed E-state index contributed by atoms with van der Waals surface area (Å²) < 4.78 is 0. The maximum atomic E-state index is 6.02. The molecule has 19 heavy (non-hydrogen) atoms. The van der Waals surface area contributed by atoms with Crippen LogP contribution in [-0.4, -0.2) is 0 Å². The summed E-state index contributed by atoms with van der Waals surface area (Å²) in [7, 11) is 0. The Morgan fingerprint density at radius 2 is 1.84 bits per heavy atom. The van der Waals surface area contributed by atoms with Crippen LogP contribution in [-0.2, 0) is 5.41 Å². The summed E-state index contributed by atoms with van der Waals surface area (Å²) in [5, 5.41) is 0.794. The van der Waals surface area contributed by atoms with Crippen molar-refractivity contribution in [2.75, 3.05) is 0 Å². The zero-order chi connectivity index (χ0) is 14.2. The van der Waals surface area contributed by atoms with Crippen molar-refractivity contribution in [2.45, 2.75) is 37.9 Å². The topological polar surface area (TPSA) is 0 Å². The highest BCUT2D eigenvalue weighted by molar-refractivity contribution is 9.09. The van der Waals surface area contributed by atoms with E-state index < -0.39 is 0 Å². The molecule has 102 valence electrons. The van der Waals surface area contributed by atoms with Gasteiger partial charge in [0.2, 0.25) is 0 Å². The number of thiophene rings is 1. The van der Waals surface area contributed by atoms with Crippen molar-refractivity contribution < 1.29 is 0 Å². The van der Waals surface area contributed by atoms with Crippen LogP contribution in [0.3, 0.4) is 0 Å². The first-order valence-electron chi connectivity index (χ1n) is 6.29. The van der Waals surface area contributed by atoms with E-state index in [0.29, 0.717) is 0 Å². The summed E-state index contributed by atoms with van der Waals surface area (Å²) in [6.45, 7) is 8.85. The van der Waals surface area contributed by atoms with Crippen LogP contribution in [0.1, 0.15) is 46.5 Å². The zero-order valence-corrected chi connectivity index (χ0v) is 14.8. The molecule has 0 bridgehead atoms. The third-order valence-electron chi connectivity index (χ3n) is 3.12. The molecule has 0 nitrogen and oxygen atoms in total. The molecule has 1 atom stereocenters. The Balaban J connectivity index is 2.34. The predicted molar refractivity (Wildman–Crippen MR) is 90.0 cm³/mol. The maximum absolute atomic E-state index is 6.02. The van der Waals surface area contributed by atoms with Crippen LogP contribution in [0, 0.1) is 6.92 Å².